The van der Waals surface area contributed by atoms with E-state index < -0.39 is 10.0 Å². The average molecular weight is 383 g/mol. The van der Waals surface area contributed by atoms with Crippen molar-refractivity contribution in [3.8, 4) is 0 Å². The minimum atomic E-state index is -3.54. The predicted molar refractivity (Wildman–Crippen MR) is 95.4 cm³/mol. The Bertz CT molecular complexity index is 922. The number of ether oxygens (including phenoxy) is 1. The number of likely N-dealkylation sites (tertiary alicyclic amines) is 1. The third kappa shape index (κ3) is 3.26. The third-order valence-corrected chi connectivity index (χ3v) is 6.99. The maximum Gasteiger partial charge on any atom is 0.270 e. The number of sulfonamides is 1. The molecular weight excluding hydrogens is 362 g/mol. The molecule has 0 radical (unpaired) electrons. The predicted octanol–water partition coefficient (Wildman–Crippen LogP) is 2.04. The number of hydrogen-bond acceptors (Lipinski definition) is 6. The zero-order valence-corrected chi connectivity index (χ0v) is 15.5. The van der Waals surface area contributed by atoms with Gasteiger partial charge in [-0.25, -0.2) is 8.42 Å². The van der Waals surface area contributed by atoms with Crippen LogP contribution in [0.25, 0.3) is 11.1 Å². The van der Waals surface area contributed by atoms with Crippen molar-refractivity contribution in [2.45, 2.75) is 24.4 Å². The number of benzene rings is 1. The first kappa shape index (κ1) is 17.2. The van der Waals surface area contributed by atoms with Crippen LogP contribution >= 0.6 is 12.2 Å². The summed E-state index contributed by atoms with van der Waals surface area (Å²) in [5.74, 6) is 0. The SMILES string of the molecule is O=S(=O)(c1ccc2oc(=S)n(CN3CCCC3)c2c1)N1CCOCC1. The van der Waals surface area contributed by atoms with Gasteiger partial charge in [0.1, 0.15) is 0 Å². The van der Waals surface area contributed by atoms with E-state index >= 15 is 0 Å². The first-order chi connectivity index (χ1) is 12.1. The van der Waals surface area contributed by atoms with Crippen LogP contribution in [-0.4, -0.2) is 61.6 Å². The number of oxazole rings is 1. The molecule has 2 aliphatic rings. The summed E-state index contributed by atoms with van der Waals surface area (Å²) < 4.78 is 40.0. The van der Waals surface area contributed by atoms with Crippen LogP contribution in [0.1, 0.15) is 12.8 Å². The summed E-state index contributed by atoms with van der Waals surface area (Å²) in [5.41, 5.74) is 1.34. The molecule has 7 nitrogen and oxygen atoms in total. The van der Waals surface area contributed by atoms with E-state index in [2.05, 4.69) is 4.90 Å². The van der Waals surface area contributed by atoms with Crippen LogP contribution in [-0.2, 0) is 21.4 Å². The van der Waals surface area contributed by atoms with E-state index in [1.165, 1.54) is 17.1 Å². The number of rotatable bonds is 4. The Morgan fingerprint density at radius 2 is 1.80 bits per heavy atom. The zero-order valence-electron chi connectivity index (χ0n) is 13.9. The van der Waals surface area contributed by atoms with Crippen LogP contribution in [0.4, 0.5) is 0 Å². The minimum absolute atomic E-state index is 0.271. The summed E-state index contributed by atoms with van der Waals surface area (Å²) in [5, 5.41) is 0. The lowest BCUT2D eigenvalue weighted by atomic mass is 10.3. The van der Waals surface area contributed by atoms with Crippen LogP contribution in [0.3, 0.4) is 0 Å². The van der Waals surface area contributed by atoms with Gasteiger partial charge in [0.15, 0.2) is 5.58 Å². The molecule has 2 fully saturated rings. The summed E-state index contributed by atoms with van der Waals surface area (Å²) in [4.78, 5) is 2.95. The molecule has 9 heteroatoms. The van der Waals surface area contributed by atoms with Crippen LogP contribution in [0, 0.1) is 4.84 Å². The van der Waals surface area contributed by atoms with Crippen molar-refractivity contribution in [1.29, 1.82) is 0 Å². The number of morpholine rings is 1. The molecule has 2 saturated heterocycles. The maximum atomic E-state index is 12.9. The van der Waals surface area contributed by atoms with Crippen molar-refractivity contribution in [2.24, 2.45) is 0 Å². The molecule has 136 valence electrons. The van der Waals surface area contributed by atoms with Gasteiger partial charge in [-0.15, -0.1) is 0 Å². The van der Waals surface area contributed by atoms with Gasteiger partial charge in [0, 0.05) is 13.1 Å². The Morgan fingerprint density at radius 3 is 2.52 bits per heavy atom. The molecule has 2 aromatic rings. The lowest BCUT2D eigenvalue weighted by Gasteiger charge is -2.26. The van der Waals surface area contributed by atoms with Crippen molar-refractivity contribution in [1.82, 2.24) is 13.8 Å². The number of aromatic nitrogens is 1. The summed E-state index contributed by atoms with van der Waals surface area (Å²) in [7, 11) is -3.54. The number of fused-ring (bicyclic) bond motifs is 1. The van der Waals surface area contributed by atoms with E-state index in [-0.39, 0.29) is 4.90 Å². The fourth-order valence-electron chi connectivity index (χ4n) is 3.40. The summed E-state index contributed by atoms with van der Waals surface area (Å²) in [6.45, 7) is 4.31. The fraction of sp³-hybridized carbons (Fsp3) is 0.562. The quantitative estimate of drug-likeness (QED) is 0.753. The zero-order chi connectivity index (χ0) is 17.4. The second-order valence-electron chi connectivity index (χ2n) is 6.41. The Morgan fingerprint density at radius 1 is 1.08 bits per heavy atom. The molecular formula is C16H21N3O4S2. The molecule has 0 saturated carbocycles. The summed E-state index contributed by atoms with van der Waals surface area (Å²) >= 11 is 5.34. The minimum Gasteiger partial charge on any atom is -0.429 e. The van der Waals surface area contributed by atoms with Crippen LogP contribution < -0.4 is 0 Å². The van der Waals surface area contributed by atoms with Gasteiger partial charge in [0.25, 0.3) is 4.84 Å². The van der Waals surface area contributed by atoms with Crippen LogP contribution in [0.15, 0.2) is 27.5 Å². The first-order valence-corrected chi connectivity index (χ1v) is 10.3. The molecule has 0 unspecified atom stereocenters. The molecule has 3 heterocycles. The van der Waals surface area contributed by atoms with Gasteiger partial charge < -0.3 is 9.15 Å². The number of hydrogen-bond donors (Lipinski definition) is 0. The molecule has 1 aromatic carbocycles. The van der Waals surface area contributed by atoms with Gasteiger partial charge in [0.2, 0.25) is 10.0 Å². The lowest BCUT2D eigenvalue weighted by molar-refractivity contribution is 0.0730. The fourth-order valence-corrected chi connectivity index (χ4v) is 5.07. The Kier molecular flexibility index (Phi) is 4.67. The highest BCUT2D eigenvalue weighted by atomic mass is 32.2. The highest BCUT2D eigenvalue weighted by Gasteiger charge is 2.27. The van der Waals surface area contributed by atoms with Crippen LogP contribution in [0.2, 0.25) is 0 Å². The summed E-state index contributed by atoms with van der Waals surface area (Å²) in [6.07, 6.45) is 2.36. The molecule has 0 aliphatic carbocycles. The van der Waals surface area contributed by atoms with Gasteiger partial charge in [-0.05, 0) is 56.3 Å². The molecule has 2 aliphatic heterocycles. The van der Waals surface area contributed by atoms with E-state index in [9.17, 15) is 8.42 Å². The number of nitrogens with zero attached hydrogens (tertiary/aromatic N) is 3. The lowest BCUT2D eigenvalue weighted by Crippen LogP contribution is -2.40. The van der Waals surface area contributed by atoms with Crippen molar-refractivity contribution in [3.63, 3.8) is 0 Å². The Balaban J connectivity index is 1.72. The van der Waals surface area contributed by atoms with Crippen molar-refractivity contribution >= 4 is 33.3 Å². The highest BCUT2D eigenvalue weighted by Crippen LogP contribution is 2.25. The second kappa shape index (κ2) is 6.81. The van der Waals surface area contributed by atoms with Crippen molar-refractivity contribution < 1.29 is 17.6 Å². The standard InChI is InChI=1S/C16H21N3O4S2/c20-25(21,18-7-9-22-10-8-18)13-3-4-15-14(11-13)19(16(24)23-15)12-17-5-1-2-6-17/h3-4,11H,1-2,5-10,12H2. The van der Waals surface area contributed by atoms with E-state index in [1.807, 2.05) is 4.57 Å². The van der Waals surface area contributed by atoms with Gasteiger partial charge in [-0.2, -0.15) is 4.31 Å². The van der Waals surface area contributed by atoms with Crippen LogP contribution in [0.5, 0.6) is 0 Å². The normalized spacial score (nSPS) is 20.5. The van der Waals surface area contributed by atoms with E-state index in [0.29, 0.717) is 43.4 Å². The topological polar surface area (TPSA) is 67.9 Å². The molecule has 0 amide bonds. The largest absolute Gasteiger partial charge is 0.429 e. The molecule has 1 aromatic heterocycles. The van der Waals surface area contributed by atoms with E-state index in [4.69, 9.17) is 21.4 Å². The van der Waals surface area contributed by atoms with Crippen molar-refractivity contribution in [3.05, 3.63) is 23.0 Å². The van der Waals surface area contributed by atoms with Gasteiger partial charge in [-0.3, -0.25) is 9.47 Å². The highest BCUT2D eigenvalue weighted by molar-refractivity contribution is 7.89. The molecule has 0 bridgehead atoms. The Hall–Kier alpha value is -1.26. The maximum absolute atomic E-state index is 12.9. The smallest absolute Gasteiger partial charge is 0.270 e. The van der Waals surface area contributed by atoms with E-state index in [0.717, 1.165) is 18.6 Å². The van der Waals surface area contributed by atoms with Gasteiger partial charge >= 0.3 is 0 Å². The first-order valence-electron chi connectivity index (χ1n) is 8.49. The molecule has 0 spiro atoms. The molecule has 0 N–H and O–H groups in total. The molecule has 4 rings (SSSR count). The Labute approximate surface area is 151 Å². The van der Waals surface area contributed by atoms with Gasteiger partial charge in [0.05, 0.1) is 30.3 Å². The third-order valence-electron chi connectivity index (χ3n) is 4.79. The monoisotopic (exact) mass is 383 g/mol. The average Bonchev–Trinajstić information content (AvgIpc) is 3.24. The second-order valence-corrected chi connectivity index (χ2v) is 8.70. The van der Waals surface area contributed by atoms with Gasteiger partial charge in [-0.1, -0.05) is 0 Å². The molecule has 0 atom stereocenters. The van der Waals surface area contributed by atoms with E-state index in [1.54, 1.807) is 18.2 Å². The molecule has 25 heavy (non-hydrogen) atoms. The summed E-state index contributed by atoms with van der Waals surface area (Å²) in [6, 6.07) is 4.96. The van der Waals surface area contributed by atoms with Crippen molar-refractivity contribution in [2.75, 3.05) is 39.4 Å².